The van der Waals surface area contributed by atoms with Crippen LogP contribution in [0.25, 0.3) is 11.0 Å². The summed E-state index contributed by atoms with van der Waals surface area (Å²) in [5.74, 6) is 4.48. The number of aliphatic hydroxyl groups excluding tert-OH is 1. The summed E-state index contributed by atoms with van der Waals surface area (Å²) in [6.07, 6.45) is -1.22. The Kier molecular flexibility index (Phi) is 5.13. The zero-order valence-electron chi connectivity index (χ0n) is 12.7. The minimum atomic E-state index is -4.53. The Bertz CT molecular complexity index is 824. The number of thioether (sulfide) groups is 1. The largest absolute Gasteiger partial charge is 0.446 e. The van der Waals surface area contributed by atoms with Crippen molar-refractivity contribution in [3.63, 3.8) is 0 Å². The summed E-state index contributed by atoms with van der Waals surface area (Å²) in [5.41, 5.74) is -4.02. The van der Waals surface area contributed by atoms with Gasteiger partial charge in [0.1, 0.15) is 12.8 Å². The number of ether oxygens (including phenoxy) is 1. The van der Waals surface area contributed by atoms with Crippen molar-refractivity contribution in [3.8, 4) is 11.8 Å². The number of anilines is 1. The van der Waals surface area contributed by atoms with Crippen molar-refractivity contribution in [1.82, 2.24) is 0 Å². The molecule has 0 spiro atoms. The number of rotatable bonds is 3. The predicted octanol–water partition coefficient (Wildman–Crippen LogP) is 3.54. The van der Waals surface area contributed by atoms with Crippen LogP contribution in [0.3, 0.4) is 0 Å². The van der Waals surface area contributed by atoms with E-state index < -0.39 is 24.3 Å². The van der Waals surface area contributed by atoms with Crippen LogP contribution in [0.2, 0.25) is 0 Å². The van der Waals surface area contributed by atoms with Crippen LogP contribution in [-0.4, -0.2) is 42.6 Å². The van der Waals surface area contributed by atoms with Gasteiger partial charge in [0, 0.05) is 5.39 Å². The first kappa shape index (κ1) is 17.9. The van der Waals surface area contributed by atoms with E-state index >= 15 is 0 Å². The summed E-state index contributed by atoms with van der Waals surface area (Å²) in [6.45, 7) is -0.394. The topological polar surface area (TPSA) is 54.6 Å². The Balaban J connectivity index is 2.05. The Morgan fingerprint density at radius 3 is 2.76 bits per heavy atom. The maximum absolute atomic E-state index is 13.7. The van der Waals surface area contributed by atoms with Crippen molar-refractivity contribution in [2.75, 3.05) is 25.1 Å². The quantitative estimate of drug-likeness (QED) is 0.488. The summed E-state index contributed by atoms with van der Waals surface area (Å²) < 4.78 is 62.9. The lowest BCUT2D eigenvalue weighted by Crippen LogP contribution is -2.28. The van der Waals surface area contributed by atoms with Gasteiger partial charge in [0.25, 0.3) is 0 Å². The minimum Gasteiger partial charge on any atom is -0.444 e. The normalized spacial score (nSPS) is 20.5. The monoisotopic (exact) mass is 375 g/mol. The predicted molar refractivity (Wildman–Crippen MR) is 85.2 cm³/mol. The summed E-state index contributed by atoms with van der Waals surface area (Å²) >= 11 is -0.338. The molecule has 2 N–H and O–H groups in total. The molecule has 0 unspecified atom stereocenters. The molecule has 1 aliphatic rings. The van der Waals surface area contributed by atoms with Crippen LogP contribution in [-0.2, 0) is 4.74 Å². The van der Waals surface area contributed by atoms with Crippen LogP contribution >= 0.6 is 11.8 Å². The van der Waals surface area contributed by atoms with E-state index in [1.807, 2.05) is 0 Å². The number of nitrogens with one attached hydrogen (secondary N) is 1. The highest BCUT2D eigenvalue weighted by Gasteiger charge is 2.34. The second-order valence-corrected chi connectivity index (χ2v) is 6.33. The van der Waals surface area contributed by atoms with E-state index in [0.29, 0.717) is 5.69 Å². The van der Waals surface area contributed by atoms with Gasteiger partial charge in [0.2, 0.25) is 0 Å². The Labute approximate surface area is 144 Å². The van der Waals surface area contributed by atoms with Gasteiger partial charge >= 0.3 is 5.51 Å². The molecule has 1 aromatic carbocycles. The lowest BCUT2D eigenvalue weighted by Gasteiger charge is -2.14. The minimum absolute atomic E-state index is 0.0335. The van der Waals surface area contributed by atoms with E-state index in [2.05, 4.69) is 17.2 Å². The number of aliphatic hydroxyl groups is 1. The standard InChI is InChI=1S/C16H13F4NO3S/c17-10-7-23-8-12(10)21-11-4-1-3-9-14(11)24-13(5-2-6-22)15(9)25-16(18,19)20/h1,3-4,10,12,21-22H,6-8H2/t10-,12+/m0/s1. The number of para-hydroxylation sites is 1. The summed E-state index contributed by atoms with van der Waals surface area (Å²) in [7, 11) is 0. The average molecular weight is 375 g/mol. The maximum Gasteiger partial charge on any atom is 0.446 e. The highest BCUT2D eigenvalue weighted by atomic mass is 32.2. The fourth-order valence-corrected chi connectivity index (χ4v) is 3.18. The van der Waals surface area contributed by atoms with Crippen LogP contribution in [0.1, 0.15) is 5.76 Å². The number of fused-ring (bicyclic) bond motifs is 1. The second-order valence-electron chi connectivity index (χ2n) is 5.25. The lowest BCUT2D eigenvalue weighted by atomic mass is 10.2. The molecule has 3 rings (SSSR count). The van der Waals surface area contributed by atoms with E-state index in [4.69, 9.17) is 14.3 Å². The van der Waals surface area contributed by atoms with Crippen LogP contribution in [0, 0.1) is 11.8 Å². The third-order valence-corrected chi connectivity index (χ3v) is 4.36. The molecule has 25 heavy (non-hydrogen) atoms. The van der Waals surface area contributed by atoms with Gasteiger partial charge in [-0.1, -0.05) is 12.0 Å². The van der Waals surface area contributed by atoms with Gasteiger partial charge in [-0.3, -0.25) is 0 Å². The molecule has 0 bridgehead atoms. The Hall–Kier alpha value is -1.89. The summed E-state index contributed by atoms with van der Waals surface area (Å²) in [5, 5.41) is 11.9. The van der Waals surface area contributed by atoms with Crippen molar-refractivity contribution in [2.45, 2.75) is 22.6 Å². The molecule has 1 fully saturated rings. The van der Waals surface area contributed by atoms with Gasteiger partial charge < -0.3 is 19.6 Å². The van der Waals surface area contributed by atoms with E-state index in [1.165, 1.54) is 6.07 Å². The molecule has 0 saturated carbocycles. The van der Waals surface area contributed by atoms with Gasteiger partial charge in [-0.2, -0.15) is 13.2 Å². The third kappa shape index (κ3) is 4.03. The molecule has 1 aromatic heterocycles. The molecular formula is C16H13F4NO3S. The van der Waals surface area contributed by atoms with Crippen LogP contribution in [0.4, 0.5) is 23.2 Å². The number of alkyl halides is 4. The van der Waals surface area contributed by atoms with E-state index in [9.17, 15) is 17.6 Å². The molecular weight excluding hydrogens is 362 g/mol. The summed E-state index contributed by atoms with van der Waals surface area (Å²) in [4.78, 5) is -0.188. The van der Waals surface area contributed by atoms with Crippen LogP contribution in [0.15, 0.2) is 27.5 Å². The van der Waals surface area contributed by atoms with Crippen molar-refractivity contribution >= 4 is 28.4 Å². The molecule has 0 amide bonds. The SMILES string of the molecule is OCC#Cc1oc2c(N[C@@H]3COC[C@@H]3F)cccc2c1SC(F)(F)F. The zero-order chi connectivity index (χ0) is 18.0. The van der Waals surface area contributed by atoms with Crippen molar-refractivity contribution in [3.05, 3.63) is 24.0 Å². The first-order valence-corrected chi connectivity index (χ1v) is 8.10. The van der Waals surface area contributed by atoms with Crippen LogP contribution in [0.5, 0.6) is 0 Å². The fraction of sp³-hybridized carbons (Fsp3) is 0.375. The molecule has 2 atom stereocenters. The van der Waals surface area contributed by atoms with Crippen LogP contribution < -0.4 is 5.32 Å². The lowest BCUT2D eigenvalue weighted by molar-refractivity contribution is -0.0328. The number of hydrogen-bond acceptors (Lipinski definition) is 5. The highest BCUT2D eigenvalue weighted by Crippen LogP contribution is 2.45. The molecule has 134 valence electrons. The average Bonchev–Trinajstić information content (AvgIpc) is 3.09. The molecule has 4 nitrogen and oxygen atoms in total. The van der Waals surface area contributed by atoms with Crippen molar-refractivity contribution < 1.29 is 31.8 Å². The first-order valence-electron chi connectivity index (χ1n) is 7.28. The smallest absolute Gasteiger partial charge is 0.444 e. The van der Waals surface area contributed by atoms with Gasteiger partial charge in [0.05, 0.1) is 29.8 Å². The van der Waals surface area contributed by atoms with Crippen molar-refractivity contribution in [2.24, 2.45) is 0 Å². The van der Waals surface area contributed by atoms with Gasteiger partial charge in [-0.05, 0) is 29.8 Å². The van der Waals surface area contributed by atoms with Gasteiger partial charge in [0.15, 0.2) is 11.3 Å². The molecule has 2 heterocycles. The molecule has 1 saturated heterocycles. The number of furan rings is 1. The Morgan fingerprint density at radius 1 is 1.32 bits per heavy atom. The maximum atomic E-state index is 13.7. The molecule has 9 heteroatoms. The van der Waals surface area contributed by atoms with Gasteiger partial charge in [-0.15, -0.1) is 0 Å². The number of hydrogen-bond donors (Lipinski definition) is 2. The van der Waals surface area contributed by atoms with Gasteiger partial charge in [-0.25, -0.2) is 4.39 Å². The molecule has 2 aromatic rings. The number of benzene rings is 1. The number of halogens is 4. The first-order chi connectivity index (χ1) is 11.9. The van der Waals surface area contributed by atoms with Crippen molar-refractivity contribution in [1.29, 1.82) is 0 Å². The zero-order valence-corrected chi connectivity index (χ0v) is 13.5. The van der Waals surface area contributed by atoms with E-state index in [1.54, 1.807) is 12.1 Å². The Morgan fingerprint density at radius 2 is 2.12 bits per heavy atom. The highest BCUT2D eigenvalue weighted by molar-refractivity contribution is 8.00. The van der Waals surface area contributed by atoms with E-state index in [-0.39, 0.29) is 46.6 Å². The molecule has 0 radical (unpaired) electrons. The molecule has 1 aliphatic heterocycles. The second kappa shape index (κ2) is 7.15. The summed E-state index contributed by atoms with van der Waals surface area (Å²) in [6, 6.07) is 4.00. The molecule has 0 aliphatic carbocycles. The van der Waals surface area contributed by atoms with E-state index in [0.717, 1.165) is 0 Å². The fourth-order valence-electron chi connectivity index (χ4n) is 2.49. The third-order valence-electron chi connectivity index (χ3n) is 3.52.